The highest BCUT2D eigenvalue weighted by Gasteiger charge is 2.32. The molecule has 0 radical (unpaired) electrons. The molecule has 29 heavy (non-hydrogen) atoms. The molecule has 1 aromatic heterocycles. The quantitative estimate of drug-likeness (QED) is 0.616. The van der Waals surface area contributed by atoms with Gasteiger partial charge in [0.15, 0.2) is 4.34 Å². The van der Waals surface area contributed by atoms with Gasteiger partial charge in [-0.3, -0.25) is 4.79 Å². The van der Waals surface area contributed by atoms with E-state index in [9.17, 15) is 18.0 Å². The van der Waals surface area contributed by atoms with Crippen molar-refractivity contribution in [3.05, 3.63) is 23.8 Å². The first kappa shape index (κ1) is 20.3. The predicted octanol–water partition coefficient (Wildman–Crippen LogP) is 4.46. The number of hydrogen-bond acceptors (Lipinski definition) is 7. The molecule has 156 valence electrons. The number of rotatable bonds is 7. The Morgan fingerprint density at radius 2 is 2.00 bits per heavy atom. The second-order valence-electron chi connectivity index (χ2n) is 7.05. The Morgan fingerprint density at radius 3 is 2.69 bits per heavy atom. The maximum absolute atomic E-state index is 13.1. The minimum Gasteiger partial charge on any atom is -0.370 e. The largest absolute Gasteiger partial charge is 0.416 e. The number of nitrogens with zero attached hydrogens (tertiary/aromatic N) is 3. The smallest absolute Gasteiger partial charge is 0.370 e. The molecule has 0 bridgehead atoms. The van der Waals surface area contributed by atoms with E-state index >= 15 is 0 Å². The van der Waals surface area contributed by atoms with Crippen LogP contribution < -0.4 is 15.5 Å². The van der Waals surface area contributed by atoms with Crippen molar-refractivity contribution in [2.45, 2.75) is 42.2 Å². The van der Waals surface area contributed by atoms with Crippen LogP contribution in [0, 0.1) is 0 Å². The van der Waals surface area contributed by atoms with E-state index in [-0.39, 0.29) is 17.3 Å². The van der Waals surface area contributed by atoms with Crippen LogP contribution >= 0.6 is 23.1 Å². The average Bonchev–Trinajstić information content (AvgIpc) is 3.14. The normalized spacial score (nSPS) is 16.9. The van der Waals surface area contributed by atoms with Gasteiger partial charge < -0.3 is 15.5 Å². The van der Waals surface area contributed by atoms with Gasteiger partial charge in [0.05, 0.1) is 22.7 Å². The molecule has 1 amide bonds. The maximum atomic E-state index is 13.1. The second kappa shape index (κ2) is 8.39. The maximum Gasteiger partial charge on any atom is 0.416 e. The van der Waals surface area contributed by atoms with Gasteiger partial charge in [-0.15, -0.1) is 10.2 Å². The number of carbonyl (C=O) groups excluding carboxylic acids is 1. The van der Waals surface area contributed by atoms with Crippen LogP contribution in [0.5, 0.6) is 0 Å². The summed E-state index contributed by atoms with van der Waals surface area (Å²) >= 11 is 2.59. The van der Waals surface area contributed by atoms with Crippen molar-refractivity contribution in [2.24, 2.45) is 0 Å². The molecule has 2 fully saturated rings. The van der Waals surface area contributed by atoms with Gasteiger partial charge in [-0.05, 0) is 43.9 Å². The number of aromatic nitrogens is 2. The third-order valence-corrected chi connectivity index (χ3v) is 6.67. The van der Waals surface area contributed by atoms with Crippen molar-refractivity contribution in [2.75, 3.05) is 34.4 Å². The lowest BCUT2D eigenvalue weighted by molar-refractivity contribution is -0.137. The van der Waals surface area contributed by atoms with E-state index in [1.807, 2.05) is 4.90 Å². The highest BCUT2D eigenvalue weighted by atomic mass is 32.2. The van der Waals surface area contributed by atoms with Gasteiger partial charge in [0, 0.05) is 19.1 Å². The number of hydrogen-bond donors (Lipinski definition) is 2. The van der Waals surface area contributed by atoms with Crippen molar-refractivity contribution in [3.63, 3.8) is 0 Å². The Balaban J connectivity index is 1.42. The fourth-order valence-electron chi connectivity index (χ4n) is 3.09. The molecular weight excluding hydrogens is 423 g/mol. The SMILES string of the molecule is O=C(CSc1nnc(NC2CC2)s1)Nc1cc(C(F)(F)F)ccc1N1CCCC1. The minimum atomic E-state index is -4.46. The molecule has 1 saturated heterocycles. The molecule has 2 aromatic rings. The van der Waals surface area contributed by atoms with Gasteiger partial charge in [0.2, 0.25) is 11.0 Å². The number of alkyl halides is 3. The summed E-state index contributed by atoms with van der Waals surface area (Å²) < 4.78 is 40.0. The Hall–Kier alpha value is -2.01. The molecule has 2 N–H and O–H groups in total. The van der Waals surface area contributed by atoms with Gasteiger partial charge in [-0.25, -0.2) is 0 Å². The van der Waals surface area contributed by atoms with E-state index in [4.69, 9.17) is 0 Å². The number of halogens is 3. The second-order valence-corrected chi connectivity index (χ2v) is 9.25. The molecular formula is C18H20F3N5OS2. The lowest BCUT2D eigenvalue weighted by Gasteiger charge is -2.22. The van der Waals surface area contributed by atoms with Crippen molar-refractivity contribution in [1.29, 1.82) is 0 Å². The summed E-state index contributed by atoms with van der Waals surface area (Å²) in [4.78, 5) is 14.4. The molecule has 4 rings (SSSR count). The fraction of sp³-hybridized carbons (Fsp3) is 0.500. The van der Waals surface area contributed by atoms with Crippen molar-refractivity contribution >= 4 is 45.5 Å². The first-order valence-corrected chi connectivity index (χ1v) is 11.2. The number of nitrogens with one attached hydrogen (secondary N) is 2. The first-order chi connectivity index (χ1) is 13.9. The van der Waals surface area contributed by atoms with Gasteiger partial charge in [-0.1, -0.05) is 23.1 Å². The molecule has 0 spiro atoms. The lowest BCUT2D eigenvalue weighted by atomic mass is 10.1. The molecule has 1 saturated carbocycles. The fourth-order valence-corrected chi connectivity index (χ4v) is 4.72. The molecule has 0 atom stereocenters. The number of amides is 1. The zero-order valence-corrected chi connectivity index (χ0v) is 17.1. The van der Waals surface area contributed by atoms with Crippen molar-refractivity contribution < 1.29 is 18.0 Å². The lowest BCUT2D eigenvalue weighted by Crippen LogP contribution is -2.22. The van der Waals surface area contributed by atoms with E-state index in [2.05, 4.69) is 20.8 Å². The van der Waals surface area contributed by atoms with E-state index < -0.39 is 11.7 Å². The number of benzene rings is 1. The highest BCUT2D eigenvalue weighted by molar-refractivity contribution is 8.01. The third kappa shape index (κ3) is 5.33. The van der Waals surface area contributed by atoms with Gasteiger partial charge >= 0.3 is 6.18 Å². The Morgan fingerprint density at radius 1 is 1.24 bits per heavy atom. The molecule has 0 unspecified atom stereocenters. The third-order valence-electron chi connectivity index (χ3n) is 4.68. The average molecular weight is 444 g/mol. The number of carbonyl (C=O) groups is 1. The zero-order chi connectivity index (χ0) is 20.4. The van der Waals surface area contributed by atoms with Gasteiger partial charge in [0.1, 0.15) is 0 Å². The van der Waals surface area contributed by atoms with Crippen LogP contribution in [0.2, 0.25) is 0 Å². The summed E-state index contributed by atoms with van der Waals surface area (Å²) in [6.07, 6.45) is -0.242. The van der Waals surface area contributed by atoms with Crippen molar-refractivity contribution in [1.82, 2.24) is 10.2 Å². The zero-order valence-electron chi connectivity index (χ0n) is 15.5. The van der Waals surface area contributed by atoms with Crippen LogP contribution in [-0.2, 0) is 11.0 Å². The Bertz CT molecular complexity index is 879. The summed E-state index contributed by atoms with van der Waals surface area (Å²) in [5.74, 6) is -0.324. The Kier molecular flexibility index (Phi) is 5.86. The van der Waals surface area contributed by atoms with Crippen LogP contribution in [0.3, 0.4) is 0 Å². The summed E-state index contributed by atoms with van der Waals surface area (Å²) in [6.45, 7) is 1.54. The molecule has 6 nitrogen and oxygen atoms in total. The van der Waals surface area contributed by atoms with E-state index in [1.165, 1.54) is 29.2 Å². The highest BCUT2D eigenvalue weighted by Crippen LogP contribution is 2.37. The summed E-state index contributed by atoms with van der Waals surface area (Å²) in [5, 5.41) is 14.7. The van der Waals surface area contributed by atoms with E-state index in [1.54, 1.807) is 0 Å². The standard InChI is InChI=1S/C18H20F3N5OS2/c19-18(20,21)11-3-6-14(26-7-1-2-8-26)13(9-11)23-15(27)10-28-17-25-24-16(29-17)22-12-4-5-12/h3,6,9,12H,1-2,4-5,7-8,10H2,(H,22,24)(H,23,27). The number of anilines is 3. The van der Waals surface area contributed by atoms with Gasteiger partial charge in [-0.2, -0.15) is 13.2 Å². The van der Waals surface area contributed by atoms with Crippen LogP contribution in [0.1, 0.15) is 31.2 Å². The van der Waals surface area contributed by atoms with Crippen molar-refractivity contribution in [3.8, 4) is 0 Å². The molecule has 1 aliphatic carbocycles. The van der Waals surface area contributed by atoms with Crippen LogP contribution in [0.15, 0.2) is 22.5 Å². The van der Waals surface area contributed by atoms with Crippen LogP contribution in [-0.4, -0.2) is 41.0 Å². The molecule has 11 heteroatoms. The van der Waals surface area contributed by atoms with Crippen LogP contribution in [0.25, 0.3) is 0 Å². The van der Waals surface area contributed by atoms with Gasteiger partial charge in [0.25, 0.3) is 0 Å². The summed E-state index contributed by atoms with van der Waals surface area (Å²) in [5.41, 5.74) is 0.0460. The molecule has 1 aliphatic heterocycles. The minimum absolute atomic E-state index is 0.0494. The van der Waals surface area contributed by atoms with E-state index in [0.717, 1.165) is 56.0 Å². The topological polar surface area (TPSA) is 70.1 Å². The van der Waals surface area contributed by atoms with Crippen LogP contribution in [0.4, 0.5) is 29.7 Å². The number of thioether (sulfide) groups is 1. The molecule has 2 heterocycles. The first-order valence-electron chi connectivity index (χ1n) is 9.37. The predicted molar refractivity (Wildman–Crippen MR) is 109 cm³/mol. The summed E-state index contributed by atoms with van der Waals surface area (Å²) in [6, 6.07) is 3.98. The summed E-state index contributed by atoms with van der Waals surface area (Å²) in [7, 11) is 0. The van der Waals surface area contributed by atoms with E-state index in [0.29, 0.717) is 16.1 Å². The molecule has 2 aliphatic rings. The Labute approximate surface area is 174 Å². The molecule has 1 aromatic carbocycles. The monoisotopic (exact) mass is 443 g/mol.